The van der Waals surface area contributed by atoms with Crippen LogP contribution in [0.25, 0.3) is 0 Å². The molecule has 106 valence electrons. The summed E-state index contributed by atoms with van der Waals surface area (Å²) >= 11 is 0. The van der Waals surface area contributed by atoms with Gasteiger partial charge in [0.1, 0.15) is 0 Å². The summed E-state index contributed by atoms with van der Waals surface area (Å²) in [5.41, 5.74) is 11.1. The van der Waals surface area contributed by atoms with Crippen molar-refractivity contribution in [1.29, 1.82) is 0 Å². The van der Waals surface area contributed by atoms with E-state index in [1.807, 2.05) is 13.8 Å². The van der Waals surface area contributed by atoms with Gasteiger partial charge in [-0.1, -0.05) is 13.8 Å². The lowest BCUT2D eigenvalue weighted by Gasteiger charge is -2.27. The average molecular weight is 260 g/mol. The smallest absolute Gasteiger partial charge is 0.305 e. The largest absolute Gasteiger partial charge is 0.481 e. The predicted octanol–water partition coefficient (Wildman–Crippen LogP) is -0.272. The van der Waals surface area contributed by atoms with Crippen LogP contribution in [0.3, 0.4) is 0 Å². The molecule has 0 saturated heterocycles. The van der Waals surface area contributed by atoms with Crippen LogP contribution in [0.1, 0.15) is 33.6 Å². The van der Waals surface area contributed by atoms with Crippen molar-refractivity contribution in [3.8, 4) is 0 Å². The molecule has 0 saturated carbocycles. The Morgan fingerprint density at radius 3 is 2.00 bits per heavy atom. The van der Waals surface area contributed by atoms with Gasteiger partial charge in [-0.25, -0.2) is 0 Å². The van der Waals surface area contributed by atoms with Gasteiger partial charge in [-0.05, 0) is 19.3 Å². The molecule has 18 heavy (non-hydrogen) atoms. The van der Waals surface area contributed by atoms with Crippen molar-refractivity contribution < 1.29 is 19.8 Å². The Kier molecular flexibility index (Phi) is 7.05. The van der Waals surface area contributed by atoms with E-state index in [-0.39, 0.29) is 5.92 Å². The first-order valence-electron chi connectivity index (χ1n) is 6.11. The number of rotatable bonds is 8. The monoisotopic (exact) mass is 260 g/mol. The van der Waals surface area contributed by atoms with Crippen molar-refractivity contribution in [1.82, 2.24) is 0 Å². The number of carboxylic acids is 1. The fraction of sp³-hybridized carbons (Fsp3) is 0.833. The second-order valence-electron chi connectivity index (χ2n) is 5.19. The van der Waals surface area contributed by atoms with Crippen molar-refractivity contribution in [2.24, 2.45) is 23.3 Å². The molecule has 0 amide bonds. The number of carboxylic acid groups (broad SMARTS) is 1. The van der Waals surface area contributed by atoms with Crippen LogP contribution in [0.4, 0.5) is 0 Å². The number of ketones is 1. The minimum atomic E-state index is -1.13. The molecular formula is C12H24N2O4. The molecule has 0 fully saturated rings. The maximum absolute atomic E-state index is 12.1. The fourth-order valence-electron chi connectivity index (χ4n) is 1.86. The number of hydrogen-bond acceptors (Lipinski definition) is 5. The molecule has 0 aromatic heterocycles. The van der Waals surface area contributed by atoms with Crippen molar-refractivity contribution in [2.45, 2.75) is 51.8 Å². The Morgan fingerprint density at radius 1 is 1.17 bits per heavy atom. The van der Waals surface area contributed by atoms with Crippen LogP contribution in [0.15, 0.2) is 0 Å². The third-order valence-electron chi connectivity index (χ3n) is 2.80. The molecule has 0 aliphatic carbocycles. The third kappa shape index (κ3) is 5.57. The summed E-state index contributed by atoms with van der Waals surface area (Å²) in [7, 11) is 0. The Morgan fingerprint density at radius 2 is 1.67 bits per heavy atom. The molecular weight excluding hydrogens is 236 g/mol. The highest BCUT2D eigenvalue weighted by Crippen LogP contribution is 2.20. The second-order valence-corrected chi connectivity index (χ2v) is 5.19. The molecule has 0 spiro atoms. The van der Waals surface area contributed by atoms with Gasteiger partial charge < -0.3 is 21.7 Å². The lowest BCUT2D eigenvalue weighted by Crippen LogP contribution is -2.47. The molecule has 3 unspecified atom stereocenters. The van der Waals surface area contributed by atoms with E-state index in [0.717, 1.165) is 0 Å². The summed E-state index contributed by atoms with van der Waals surface area (Å²) in [6, 6.07) is -1.66. The van der Waals surface area contributed by atoms with E-state index in [1.165, 1.54) is 0 Å². The minimum absolute atomic E-state index is 0.185. The quantitative estimate of drug-likeness (QED) is 0.475. The van der Waals surface area contributed by atoms with Crippen LogP contribution in [0, 0.1) is 11.8 Å². The highest BCUT2D eigenvalue weighted by atomic mass is 16.4. The van der Waals surface area contributed by atoms with Crippen LogP contribution in [-0.2, 0) is 9.59 Å². The summed E-state index contributed by atoms with van der Waals surface area (Å²) in [6.07, 6.45) is -0.992. The number of hydrogen-bond donors (Lipinski definition) is 4. The lowest BCUT2D eigenvalue weighted by molar-refractivity contribution is -0.140. The molecule has 6 N–H and O–H groups in total. The molecule has 0 aliphatic heterocycles. The maximum Gasteiger partial charge on any atom is 0.305 e. The van der Waals surface area contributed by atoms with E-state index in [2.05, 4.69) is 0 Å². The van der Waals surface area contributed by atoms with Gasteiger partial charge >= 0.3 is 5.97 Å². The zero-order chi connectivity index (χ0) is 14.5. The van der Waals surface area contributed by atoms with E-state index in [9.17, 15) is 14.7 Å². The molecule has 0 aromatic carbocycles. The molecule has 6 heteroatoms. The Labute approximate surface area is 107 Å². The molecule has 6 nitrogen and oxygen atoms in total. The summed E-state index contributed by atoms with van der Waals surface area (Å²) in [5.74, 6) is -2.09. The van der Waals surface area contributed by atoms with Gasteiger partial charge in [-0.3, -0.25) is 9.59 Å². The number of carbonyl (C=O) groups excluding carboxylic acids is 1. The number of nitrogens with two attached hydrogens (primary N) is 2. The zero-order valence-corrected chi connectivity index (χ0v) is 11.2. The van der Waals surface area contributed by atoms with Crippen LogP contribution in [0.2, 0.25) is 0 Å². The number of aliphatic hydroxyl groups is 1. The normalized spacial score (nSPS) is 18.2. The summed E-state index contributed by atoms with van der Waals surface area (Å²) in [4.78, 5) is 22.6. The SMILES string of the molecule is CC(C)CC(C(=O)[C@@H](N)CC(=O)O)C(O)C(C)N. The van der Waals surface area contributed by atoms with E-state index < -0.39 is 42.3 Å². The number of carbonyl (C=O) groups is 2. The number of aliphatic hydroxyl groups excluding tert-OH is 1. The van der Waals surface area contributed by atoms with Crippen molar-refractivity contribution in [3.63, 3.8) is 0 Å². The van der Waals surface area contributed by atoms with Crippen LogP contribution < -0.4 is 11.5 Å². The molecule has 0 aliphatic rings. The number of Topliss-reactive ketones (excluding diaryl/α,β-unsaturated/α-hetero) is 1. The lowest BCUT2D eigenvalue weighted by atomic mass is 9.83. The average Bonchev–Trinajstić information content (AvgIpc) is 2.22. The molecule has 0 bridgehead atoms. The van der Waals surface area contributed by atoms with Gasteiger partial charge in [-0.15, -0.1) is 0 Å². The van der Waals surface area contributed by atoms with Gasteiger partial charge in [-0.2, -0.15) is 0 Å². The first-order chi connectivity index (χ1) is 8.16. The van der Waals surface area contributed by atoms with Crippen molar-refractivity contribution in [2.75, 3.05) is 0 Å². The highest BCUT2D eigenvalue weighted by Gasteiger charge is 2.33. The van der Waals surface area contributed by atoms with Crippen molar-refractivity contribution >= 4 is 11.8 Å². The standard InChI is InChI=1S/C12H24N2O4/c1-6(2)4-8(11(17)7(3)13)12(18)9(14)5-10(15)16/h6-9,11,17H,4-5,13-14H2,1-3H3,(H,15,16)/t7?,8?,9-,11?/m0/s1. The van der Waals surface area contributed by atoms with Gasteiger partial charge in [0.15, 0.2) is 5.78 Å². The van der Waals surface area contributed by atoms with Crippen LogP contribution in [0.5, 0.6) is 0 Å². The fourth-order valence-corrected chi connectivity index (χ4v) is 1.86. The topological polar surface area (TPSA) is 127 Å². The number of aliphatic carboxylic acids is 1. The van der Waals surface area contributed by atoms with Gasteiger partial charge in [0.05, 0.1) is 18.6 Å². The van der Waals surface area contributed by atoms with Gasteiger partial charge in [0.25, 0.3) is 0 Å². The van der Waals surface area contributed by atoms with E-state index in [0.29, 0.717) is 6.42 Å². The first kappa shape index (κ1) is 17.0. The van der Waals surface area contributed by atoms with Gasteiger partial charge in [0.2, 0.25) is 0 Å². The zero-order valence-electron chi connectivity index (χ0n) is 11.2. The van der Waals surface area contributed by atoms with Gasteiger partial charge in [0, 0.05) is 12.0 Å². The highest BCUT2D eigenvalue weighted by molar-refractivity contribution is 5.89. The van der Waals surface area contributed by atoms with Crippen LogP contribution >= 0.6 is 0 Å². The third-order valence-corrected chi connectivity index (χ3v) is 2.80. The Bertz CT molecular complexity index is 292. The molecule has 0 aromatic rings. The maximum atomic E-state index is 12.1. The predicted molar refractivity (Wildman–Crippen MR) is 67.8 cm³/mol. The molecule has 4 atom stereocenters. The molecule has 0 heterocycles. The van der Waals surface area contributed by atoms with E-state index >= 15 is 0 Å². The van der Waals surface area contributed by atoms with E-state index in [1.54, 1.807) is 6.92 Å². The second kappa shape index (κ2) is 7.45. The minimum Gasteiger partial charge on any atom is -0.481 e. The summed E-state index contributed by atoms with van der Waals surface area (Å²) < 4.78 is 0. The Balaban J connectivity index is 4.84. The first-order valence-corrected chi connectivity index (χ1v) is 6.11. The summed E-state index contributed by atoms with van der Waals surface area (Å²) in [6.45, 7) is 5.43. The van der Waals surface area contributed by atoms with Crippen molar-refractivity contribution in [3.05, 3.63) is 0 Å². The van der Waals surface area contributed by atoms with E-state index in [4.69, 9.17) is 16.6 Å². The molecule has 0 rings (SSSR count). The van der Waals surface area contributed by atoms with Crippen LogP contribution in [-0.4, -0.2) is 40.2 Å². The molecule has 0 radical (unpaired) electrons. The summed E-state index contributed by atoms with van der Waals surface area (Å²) in [5, 5.41) is 18.6. The Hall–Kier alpha value is -0.980.